The third-order valence-corrected chi connectivity index (χ3v) is 1.57. The topological polar surface area (TPSA) is 47.6 Å². The van der Waals surface area contributed by atoms with E-state index in [0.29, 0.717) is 5.82 Å². The minimum atomic E-state index is 0.385. The lowest BCUT2D eigenvalue weighted by atomic mass is 10.3. The van der Waals surface area contributed by atoms with Crippen molar-refractivity contribution >= 4 is 6.26 Å². The Morgan fingerprint density at radius 1 is 1.17 bits per heavy atom. The molecule has 2 rings (SSSR count). The molecule has 2 N–H and O–H groups in total. The van der Waals surface area contributed by atoms with Crippen LogP contribution in [0.2, 0.25) is 0 Å². The van der Waals surface area contributed by atoms with Crippen molar-refractivity contribution in [2.45, 2.75) is 0 Å². The second-order valence-electron chi connectivity index (χ2n) is 2.47. The predicted octanol–water partition coefficient (Wildman–Crippen LogP) is -0.168. The van der Waals surface area contributed by atoms with E-state index in [4.69, 9.17) is 10.5 Å². The number of hydrogen-bond donors (Lipinski definition) is 1. The third-order valence-electron chi connectivity index (χ3n) is 1.57. The fraction of sp³-hybridized carbons (Fsp3) is 0. The standard InChI is InChI=1S/C9H8N2O/c10-9-6-12-5-7-3-1-2-4-8(7)11-9/h1-6H,10H2. The highest BCUT2D eigenvalue weighted by atomic mass is 16.5. The van der Waals surface area contributed by atoms with Crippen LogP contribution in [0.15, 0.2) is 41.3 Å². The summed E-state index contributed by atoms with van der Waals surface area (Å²) < 4.78 is 5.03. The lowest BCUT2D eigenvalue weighted by Crippen LogP contribution is -2.24. The summed E-state index contributed by atoms with van der Waals surface area (Å²) in [5.74, 6) is 0.385. The van der Waals surface area contributed by atoms with Crippen LogP contribution in [0.1, 0.15) is 0 Å². The van der Waals surface area contributed by atoms with Gasteiger partial charge in [0.2, 0.25) is 0 Å². The number of nitrogens with zero attached hydrogens (tertiary/aromatic N) is 1. The van der Waals surface area contributed by atoms with Crippen LogP contribution < -0.4 is 16.3 Å². The summed E-state index contributed by atoms with van der Waals surface area (Å²) >= 11 is 0. The van der Waals surface area contributed by atoms with Gasteiger partial charge < -0.3 is 10.5 Å². The first-order valence-electron chi connectivity index (χ1n) is 3.61. The summed E-state index contributed by atoms with van der Waals surface area (Å²) in [5, 5.41) is 1.78. The zero-order valence-corrected chi connectivity index (χ0v) is 6.40. The van der Waals surface area contributed by atoms with E-state index in [9.17, 15) is 0 Å². The maximum Gasteiger partial charge on any atom is 0.159 e. The van der Waals surface area contributed by atoms with Gasteiger partial charge in [0.15, 0.2) is 5.82 Å². The van der Waals surface area contributed by atoms with Crippen molar-refractivity contribution < 1.29 is 4.74 Å². The van der Waals surface area contributed by atoms with Gasteiger partial charge in [-0.05, 0) is 12.1 Å². The molecule has 0 aliphatic carbocycles. The fourth-order valence-electron chi connectivity index (χ4n) is 1.03. The first-order valence-corrected chi connectivity index (χ1v) is 3.61. The molecule has 1 heterocycles. The van der Waals surface area contributed by atoms with E-state index in [1.165, 1.54) is 6.26 Å². The minimum Gasteiger partial charge on any atom is -0.468 e. The molecule has 1 aliphatic heterocycles. The van der Waals surface area contributed by atoms with Gasteiger partial charge in [0.1, 0.15) is 6.26 Å². The molecule has 0 bridgehead atoms. The van der Waals surface area contributed by atoms with Crippen molar-refractivity contribution in [1.29, 1.82) is 0 Å². The smallest absolute Gasteiger partial charge is 0.159 e. The molecule has 60 valence electrons. The van der Waals surface area contributed by atoms with Crippen LogP contribution in [0.3, 0.4) is 0 Å². The molecule has 0 atom stereocenters. The number of nitrogens with two attached hydrogens (primary N) is 1. The first-order chi connectivity index (χ1) is 5.86. The van der Waals surface area contributed by atoms with Crippen molar-refractivity contribution in [3.05, 3.63) is 46.9 Å². The van der Waals surface area contributed by atoms with Crippen LogP contribution in [0.5, 0.6) is 0 Å². The van der Waals surface area contributed by atoms with Crippen LogP contribution in [-0.2, 0) is 4.74 Å². The van der Waals surface area contributed by atoms with E-state index in [1.807, 2.05) is 24.3 Å². The highest BCUT2D eigenvalue weighted by molar-refractivity contribution is 5.20. The Bertz CT molecular complexity index is 434. The van der Waals surface area contributed by atoms with Gasteiger partial charge in [-0.1, -0.05) is 12.1 Å². The molecule has 0 amide bonds. The lowest BCUT2D eigenvalue weighted by molar-refractivity contribution is 0.455. The van der Waals surface area contributed by atoms with E-state index in [-0.39, 0.29) is 0 Å². The molecule has 3 heteroatoms. The number of para-hydroxylation sites is 1. The van der Waals surface area contributed by atoms with Gasteiger partial charge in [-0.25, -0.2) is 4.99 Å². The maximum absolute atomic E-state index is 5.50. The molecule has 1 aromatic rings. The van der Waals surface area contributed by atoms with Gasteiger partial charge >= 0.3 is 0 Å². The summed E-state index contributed by atoms with van der Waals surface area (Å²) in [5.41, 5.74) is 5.50. The molecule has 0 aromatic heterocycles. The third kappa shape index (κ3) is 1.16. The summed E-state index contributed by atoms with van der Waals surface area (Å²) in [4.78, 5) is 4.12. The quantitative estimate of drug-likeness (QED) is 0.573. The molecule has 0 spiro atoms. The Morgan fingerprint density at radius 2 is 2.00 bits per heavy atom. The maximum atomic E-state index is 5.50. The molecule has 0 fully saturated rings. The molecule has 0 unspecified atom stereocenters. The average molecular weight is 160 g/mol. The number of ether oxygens (including phenoxy) is 1. The van der Waals surface area contributed by atoms with Gasteiger partial charge in [0.05, 0.1) is 11.6 Å². The average Bonchev–Trinajstić information content (AvgIpc) is 2.25. The summed E-state index contributed by atoms with van der Waals surface area (Å²) in [6.07, 6.45) is 3.04. The van der Waals surface area contributed by atoms with Crippen LogP contribution in [0.25, 0.3) is 6.26 Å². The highest BCUT2D eigenvalue weighted by Gasteiger charge is 1.92. The molecule has 1 aliphatic rings. The van der Waals surface area contributed by atoms with Crippen LogP contribution in [0, 0.1) is 0 Å². The molecular weight excluding hydrogens is 152 g/mol. The SMILES string of the molecule is NC1=COC=c2ccccc2=N1. The molecular formula is C9H8N2O. The van der Waals surface area contributed by atoms with Crippen molar-refractivity contribution in [1.82, 2.24) is 0 Å². The normalized spacial score (nSPS) is 14.2. The summed E-state index contributed by atoms with van der Waals surface area (Å²) in [7, 11) is 0. The van der Waals surface area contributed by atoms with E-state index in [2.05, 4.69) is 4.99 Å². The Labute approximate surface area is 69.5 Å². The van der Waals surface area contributed by atoms with Crippen molar-refractivity contribution in [3.63, 3.8) is 0 Å². The van der Waals surface area contributed by atoms with Gasteiger partial charge in [0, 0.05) is 5.22 Å². The van der Waals surface area contributed by atoms with Crippen molar-refractivity contribution in [3.8, 4) is 0 Å². The Balaban J connectivity index is 2.76. The van der Waals surface area contributed by atoms with E-state index >= 15 is 0 Å². The number of hydrogen-bond acceptors (Lipinski definition) is 3. The first kappa shape index (κ1) is 6.91. The predicted molar refractivity (Wildman–Crippen MR) is 45.0 cm³/mol. The monoisotopic (exact) mass is 160 g/mol. The molecule has 0 radical (unpaired) electrons. The zero-order valence-electron chi connectivity index (χ0n) is 6.40. The van der Waals surface area contributed by atoms with Gasteiger partial charge in [0.25, 0.3) is 0 Å². The zero-order chi connectivity index (χ0) is 8.39. The second-order valence-corrected chi connectivity index (χ2v) is 2.47. The van der Waals surface area contributed by atoms with E-state index in [1.54, 1.807) is 6.26 Å². The van der Waals surface area contributed by atoms with Gasteiger partial charge in [-0.15, -0.1) is 0 Å². The molecule has 3 nitrogen and oxygen atoms in total. The molecule has 1 aromatic carbocycles. The summed E-state index contributed by atoms with van der Waals surface area (Å²) in [6.45, 7) is 0. The number of rotatable bonds is 0. The number of fused-ring (bicyclic) bond motifs is 1. The summed E-state index contributed by atoms with van der Waals surface area (Å²) in [6, 6.07) is 7.65. The van der Waals surface area contributed by atoms with Crippen molar-refractivity contribution in [2.24, 2.45) is 10.7 Å². The van der Waals surface area contributed by atoms with Crippen LogP contribution >= 0.6 is 0 Å². The van der Waals surface area contributed by atoms with Gasteiger partial charge in [-0.2, -0.15) is 0 Å². The van der Waals surface area contributed by atoms with Gasteiger partial charge in [-0.3, -0.25) is 0 Å². The van der Waals surface area contributed by atoms with E-state index < -0.39 is 0 Å². The van der Waals surface area contributed by atoms with E-state index in [0.717, 1.165) is 10.6 Å². The Morgan fingerprint density at radius 3 is 2.92 bits per heavy atom. The number of benzene rings is 1. The van der Waals surface area contributed by atoms with Crippen molar-refractivity contribution in [2.75, 3.05) is 0 Å². The lowest BCUT2D eigenvalue weighted by Gasteiger charge is -1.86. The van der Waals surface area contributed by atoms with Crippen LogP contribution in [-0.4, -0.2) is 0 Å². The largest absolute Gasteiger partial charge is 0.468 e. The second kappa shape index (κ2) is 2.70. The highest BCUT2D eigenvalue weighted by Crippen LogP contribution is 1.89. The van der Waals surface area contributed by atoms with Crippen LogP contribution in [0.4, 0.5) is 0 Å². The Hall–Kier alpha value is -1.77. The molecule has 12 heavy (non-hydrogen) atoms. The Kier molecular flexibility index (Phi) is 1.55. The molecule has 0 saturated heterocycles. The fourth-order valence-corrected chi connectivity index (χ4v) is 1.03. The minimum absolute atomic E-state index is 0.385. The molecule has 0 saturated carbocycles.